The first-order valence-electron chi connectivity index (χ1n) is 20.4. The van der Waals surface area contributed by atoms with E-state index in [1.165, 1.54) is 27.6 Å². The van der Waals surface area contributed by atoms with Crippen LogP contribution in [0.1, 0.15) is 104 Å². The molecule has 59 heavy (non-hydrogen) atoms. The number of pyridine rings is 1. The average molecular weight is 959 g/mol. The van der Waals surface area contributed by atoms with Crippen LogP contribution in [0.3, 0.4) is 0 Å². The van der Waals surface area contributed by atoms with Gasteiger partial charge in [-0.2, -0.15) is 0 Å². The van der Waals surface area contributed by atoms with Crippen molar-refractivity contribution in [2.24, 2.45) is 0 Å². The van der Waals surface area contributed by atoms with Crippen molar-refractivity contribution in [3.63, 3.8) is 0 Å². The van der Waals surface area contributed by atoms with E-state index in [1.807, 2.05) is 6.20 Å². The molecule has 5 nitrogen and oxygen atoms in total. The van der Waals surface area contributed by atoms with Gasteiger partial charge in [-0.25, -0.2) is 4.98 Å². The Morgan fingerprint density at radius 2 is 1.22 bits per heavy atom. The van der Waals surface area contributed by atoms with E-state index in [2.05, 4.69) is 231 Å². The zero-order valence-corrected chi connectivity index (χ0v) is 38.5. The molecular weight excluding hydrogens is 904 g/mol. The van der Waals surface area contributed by atoms with E-state index >= 15 is 0 Å². The molecule has 0 amide bonds. The maximum absolute atomic E-state index is 6.99. The summed E-state index contributed by atoms with van der Waals surface area (Å²) in [4.78, 5) is 9.21. The summed E-state index contributed by atoms with van der Waals surface area (Å²) in [6.07, 6.45) is 6.10. The van der Waals surface area contributed by atoms with Gasteiger partial charge in [-0.15, -0.1) is 53.8 Å². The normalized spacial score (nSPS) is 13.7. The monoisotopic (exact) mass is 958 g/mol. The zero-order valence-electron chi connectivity index (χ0n) is 36.2. The van der Waals surface area contributed by atoms with Gasteiger partial charge in [0.2, 0.25) is 0 Å². The minimum Gasteiger partial charge on any atom is -0.509 e. The molecule has 0 atom stereocenters. The summed E-state index contributed by atoms with van der Waals surface area (Å²) < 4.78 is 9.24. The van der Waals surface area contributed by atoms with E-state index in [0.717, 1.165) is 39.2 Å². The van der Waals surface area contributed by atoms with Crippen LogP contribution < -0.4 is 14.5 Å². The summed E-state index contributed by atoms with van der Waals surface area (Å²) in [5, 5.41) is 2.33. The van der Waals surface area contributed by atoms with Crippen LogP contribution in [0, 0.1) is 18.8 Å². The van der Waals surface area contributed by atoms with Gasteiger partial charge in [0, 0.05) is 50.0 Å². The SMILES string of the molecule is CC(C)(C)c1ccc(N2C=CN(c3[c-]c(Oc4[c-]c5c(c(C(C)(C)C)c4)c4ccccc4n5-c4cc(C(C)(C)C)ccn4)cc(C(C)(C)c4ccccc4)c3)[CH-]2)cc1.[Pt]. The average Bonchev–Trinajstić information content (AvgIpc) is 3.81. The predicted octanol–water partition coefficient (Wildman–Crippen LogP) is 13.7. The minimum absolute atomic E-state index is 0. The largest absolute Gasteiger partial charge is 0.509 e. The number of hydrogen-bond acceptors (Lipinski definition) is 4. The topological polar surface area (TPSA) is 33.5 Å². The van der Waals surface area contributed by atoms with Gasteiger partial charge in [0.05, 0.1) is 0 Å². The molecule has 0 N–H and O–H groups in total. The van der Waals surface area contributed by atoms with Crippen molar-refractivity contribution in [3.8, 4) is 17.3 Å². The molecule has 0 radical (unpaired) electrons. The summed E-state index contributed by atoms with van der Waals surface area (Å²) in [5.41, 5.74) is 9.59. The number of ether oxygens (including phenoxy) is 1. The molecule has 0 fully saturated rings. The molecule has 8 rings (SSSR count). The summed E-state index contributed by atoms with van der Waals surface area (Å²) in [7, 11) is 0. The van der Waals surface area contributed by atoms with Crippen molar-refractivity contribution < 1.29 is 25.8 Å². The van der Waals surface area contributed by atoms with Crippen LogP contribution in [0.25, 0.3) is 27.6 Å². The van der Waals surface area contributed by atoms with E-state index in [4.69, 9.17) is 9.72 Å². The van der Waals surface area contributed by atoms with Crippen LogP contribution in [0.2, 0.25) is 0 Å². The second-order valence-corrected chi connectivity index (χ2v) is 19.3. The van der Waals surface area contributed by atoms with E-state index in [0.29, 0.717) is 11.5 Å². The Labute approximate surface area is 366 Å². The standard InChI is InChI=1S/C53H55N4O.Pt/c1-50(2,3)36-21-23-40(24-22-36)55-27-28-56(35-55)41-29-39(53(10,11)37-17-13-12-14-18-37)30-42(32-41)58-43-33-45(52(7,8)9)49-44-19-15-16-20-46(44)57(47(49)34-43)48-31-38(25-26-54-48)51(4,5)6;/h12-31,33,35H,1-11H3;/q-3;. The fourth-order valence-electron chi connectivity index (χ4n) is 7.89. The number of rotatable bonds is 7. The number of anilines is 2. The van der Waals surface area contributed by atoms with Gasteiger partial charge < -0.3 is 19.1 Å². The molecular formula is C53H55N4OPt-3. The van der Waals surface area contributed by atoms with Crippen LogP contribution in [-0.2, 0) is 42.7 Å². The molecule has 5 aromatic carbocycles. The number of aromatic nitrogens is 2. The number of hydrogen-bond donors (Lipinski definition) is 0. The number of para-hydroxylation sites is 1. The fraction of sp³-hybridized carbons (Fsp3) is 0.283. The number of nitrogens with zero attached hydrogens (tertiary/aromatic N) is 4. The van der Waals surface area contributed by atoms with E-state index in [1.54, 1.807) is 0 Å². The van der Waals surface area contributed by atoms with Crippen molar-refractivity contribution in [3.05, 3.63) is 174 Å². The van der Waals surface area contributed by atoms with Gasteiger partial charge in [0.1, 0.15) is 5.82 Å². The Hall–Kier alpha value is -5.12. The maximum Gasteiger partial charge on any atom is 0.135 e. The Balaban J connectivity index is 0.00000528. The van der Waals surface area contributed by atoms with Crippen molar-refractivity contribution in [1.82, 2.24) is 9.55 Å². The summed E-state index contributed by atoms with van der Waals surface area (Å²) >= 11 is 0. The molecule has 2 aromatic heterocycles. The van der Waals surface area contributed by atoms with E-state index in [9.17, 15) is 0 Å². The Morgan fingerprint density at radius 3 is 1.90 bits per heavy atom. The molecule has 7 aromatic rings. The van der Waals surface area contributed by atoms with Gasteiger partial charge in [-0.1, -0.05) is 148 Å². The predicted molar refractivity (Wildman–Crippen MR) is 242 cm³/mol. The third kappa shape index (κ3) is 8.24. The van der Waals surface area contributed by atoms with Crippen molar-refractivity contribution in [2.75, 3.05) is 9.80 Å². The molecule has 0 saturated carbocycles. The van der Waals surface area contributed by atoms with Crippen LogP contribution >= 0.6 is 0 Å². The van der Waals surface area contributed by atoms with E-state index < -0.39 is 0 Å². The molecule has 1 aliphatic heterocycles. The zero-order chi connectivity index (χ0) is 41.2. The second-order valence-electron chi connectivity index (χ2n) is 19.3. The molecule has 3 heterocycles. The van der Waals surface area contributed by atoms with Crippen LogP contribution in [0.5, 0.6) is 11.5 Å². The van der Waals surface area contributed by atoms with Crippen molar-refractivity contribution in [2.45, 2.75) is 97.8 Å². The molecule has 0 spiro atoms. The molecule has 6 heteroatoms. The summed E-state index contributed by atoms with van der Waals surface area (Å²) in [6, 6.07) is 46.4. The van der Waals surface area contributed by atoms with Gasteiger partial charge in [-0.3, -0.25) is 0 Å². The van der Waals surface area contributed by atoms with Gasteiger partial charge in [-0.05, 0) is 86.5 Å². The third-order valence-electron chi connectivity index (χ3n) is 11.5. The molecule has 0 unspecified atom stereocenters. The molecule has 0 bridgehead atoms. The molecule has 306 valence electrons. The molecule has 1 aliphatic rings. The smallest absolute Gasteiger partial charge is 0.135 e. The quantitative estimate of drug-likeness (QED) is 0.149. The van der Waals surface area contributed by atoms with Gasteiger partial charge in [0.25, 0.3) is 0 Å². The van der Waals surface area contributed by atoms with E-state index in [-0.39, 0.29) is 42.7 Å². The third-order valence-corrected chi connectivity index (χ3v) is 11.5. The Morgan fingerprint density at radius 1 is 0.576 bits per heavy atom. The molecule has 0 saturated heterocycles. The first-order chi connectivity index (χ1) is 27.4. The molecule has 0 aliphatic carbocycles. The minimum atomic E-state index is -0.324. The van der Waals surface area contributed by atoms with Gasteiger partial charge >= 0.3 is 0 Å². The fourth-order valence-corrected chi connectivity index (χ4v) is 7.89. The summed E-state index contributed by atoms with van der Waals surface area (Å²) in [5.74, 6) is 2.12. The van der Waals surface area contributed by atoms with Crippen LogP contribution in [0.4, 0.5) is 11.4 Å². The van der Waals surface area contributed by atoms with Crippen LogP contribution in [-0.4, -0.2) is 9.55 Å². The Kier molecular flexibility index (Phi) is 11.0. The first-order valence-corrected chi connectivity index (χ1v) is 20.4. The van der Waals surface area contributed by atoms with Gasteiger partial charge in [0.15, 0.2) is 0 Å². The van der Waals surface area contributed by atoms with Crippen molar-refractivity contribution in [1.29, 1.82) is 0 Å². The number of fused-ring (bicyclic) bond motifs is 3. The summed E-state index contributed by atoms with van der Waals surface area (Å²) in [6.45, 7) is 26.9. The first kappa shape index (κ1) is 42.0. The number of benzene rings is 5. The van der Waals surface area contributed by atoms with Crippen molar-refractivity contribution >= 4 is 33.2 Å². The second kappa shape index (κ2) is 15.5. The maximum atomic E-state index is 6.99. The van der Waals surface area contributed by atoms with Crippen LogP contribution in [0.15, 0.2) is 128 Å². The Bertz CT molecular complexity index is 2650.